The number of nitrogens with one attached hydrogen (secondary N) is 1. The summed E-state index contributed by atoms with van der Waals surface area (Å²) in [6, 6.07) is 4.79. The molecule has 2 rings (SSSR count). The average Bonchev–Trinajstić information content (AvgIpc) is 2.43. The van der Waals surface area contributed by atoms with Gasteiger partial charge >= 0.3 is 0 Å². The Morgan fingerprint density at radius 3 is 2.60 bits per heavy atom. The molecule has 4 heteroatoms. The fraction of sp³-hybridized carbons (Fsp3) is 0.625. The van der Waals surface area contributed by atoms with E-state index in [2.05, 4.69) is 25.2 Å². The summed E-state index contributed by atoms with van der Waals surface area (Å²) >= 11 is 0. The molecule has 1 aromatic rings. The molecular formula is C16H26ClNO2. The molecule has 0 aliphatic heterocycles. The third kappa shape index (κ3) is 3.39. The smallest absolute Gasteiger partial charge is 0.164 e. The van der Waals surface area contributed by atoms with Crippen LogP contribution < -0.4 is 14.8 Å². The van der Waals surface area contributed by atoms with Crippen molar-refractivity contribution in [1.82, 2.24) is 5.32 Å². The van der Waals surface area contributed by atoms with Gasteiger partial charge in [-0.3, -0.25) is 0 Å². The standard InChI is InChI=1S/C16H25NO2.ClH/c1-5-8-17-13-9-11(2)15-12(10-13)6-7-14(18-3)16(15)19-4;/h6-7,11,13,17H,5,8-10H2,1-4H3;1H. The second-order valence-electron chi connectivity index (χ2n) is 5.37. The van der Waals surface area contributed by atoms with Crippen molar-refractivity contribution in [1.29, 1.82) is 0 Å². The van der Waals surface area contributed by atoms with Crippen LogP contribution >= 0.6 is 12.4 Å². The van der Waals surface area contributed by atoms with E-state index in [0.717, 1.165) is 30.9 Å². The zero-order valence-corrected chi connectivity index (χ0v) is 13.7. The third-order valence-corrected chi connectivity index (χ3v) is 3.95. The maximum Gasteiger partial charge on any atom is 0.164 e. The Labute approximate surface area is 128 Å². The van der Waals surface area contributed by atoms with Gasteiger partial charge in [-0.15, -0.1) is 12.4 Å². The molecule has 0 fully saturated rings. The van der Waals surface area contributed by atoms with Gasteiger partial charge in [0, 0.05) is 11.6 Å². The highest BCUT2D eigenvalue weighted by atomic mass is 35.5. The lowest BCUT2D eigenvalue weighted by Crippen LogP contribution is -2.36. The minimum Gasteiger partial charge on any atom is -0.493 e. The van der Waals surface area contributed by atoms with Gasteiger partial charge in [0.25, 0.3) is 0 Å². The normalized spacial score (nSPS) is 20.8. The van der Waals surface area contributed by atoms with Gasteiger partial charge in [-0.05, 0) is 43.4 Å². The molecule has 0 bridgehead atoms. The third-order valence-electron chi connectivity index (χ3n) is 3.95. The van der Waals surface area contributed by atoms with Gasteiger partial charge in [-0.1, -0.05) is 19.9 Å². The van der Waals surface area contributed by atoms with E-state index in [1.807, 2.05) is 6.07 Å². The maximum absolute atomic E-state index is 5.58. The summed E-state index contributed by atoms with van der Waals surface area (Å²) in [7, 11) is 3.43. The quantitative estimate of drug-likeness (QED) is 0.902. The van der Waals surface area contributed by atoms with E-state index < -0.39 is 0 Å². The second-order valence-corrected chi connectivity index (χ2v) is 5.37. The molecule has 0 aromatic heterocycles. The number of methoxy groups -OCH3 is 2. The fourth-order valence-electron chi connectivity index (χ4n) is 3.11. The highest BCUT2D eigenvalue weighted by Crippen LogP contribution is 2.42. The molecule has 0 spiro atoms. The number of fused-ring (bicyclic) bond motifs is 1. The van der Waals surface area contributed by atoms with Crippen LogP contribution in [-0.2, 0) is 6.42 Å². The summed E-state index contributed by atoms with van der Waals surface area (Å²) in [5, 5.41) is 3.64. The highest BCUT2D eigenvalue weighted by molar-refractivity contribution is 5.85. The van der Waals surface area contributed by atoms with Gasteiger partial charge < -0.3 is 14.8 Å². The Bertz CT molecular complexity index is 437. The molecule has 1 aliphatic carbocycles. The maximum atomic E-state index is 5.58. The van der Waals surface area contributed by atoms with Crippen LogP contribution in [0.15, 0.2) is 12.1 Å². The molecule has 20 heavy (non-hydrogen) atoms. The van der Waals surface area contributed by atoms with E-state index in [0.29, 0.717) is 12.0 Å². The first kappa shape index (κ1) is 17.1. The zero-order chi connectivity index (χ0) is 13.8. The minimum atomic E-state index is 0. The van der Waals surface area contributed by atoms with Crippen molar-refractivity contribution in [2.45, 2.75) is 45.1 Å². The molecule has 1 aromatic carbocycles. The second kappa shape index (κ2) is 7.75. The summed E-state index contributed by atoms with van der Waals surface area (Å²) in [5.74, 6) is 2.26. The Morgan fingerprint density at radius 2 is 2.00 bits per heavy atom. The average molecular weight is 300 g/mol. The minimum absolute atomic E-state index is 0. The van der Waals surface area contributed by atoms with Crippen molar-refractivity contribution in [2.24, 2.45) is 0 Å². The van der Waals surface area contributed by atoms with Crippen LogP contribution in [0.4, 0.5) is 0 Å². The summed E-state index contributed by atoms with van der Waals surface area (Å²) in [4.78, 5) is 0. The van der Waals surface area contributed by atoms with E-state index in [9.17, 15) is 0 Å². The van der Waals surface area contributed by atoms with Gasteiger partial charge in [0.15, 0.2) is 11.5 Å². The number of ether oxygens (including phenoxy) is 2. The Kier molecular flexibility index (Phi) is 6.63. The number of benzene rings is 1. The molecule has 3 nitrogen and oxygen atoms in total. The lowest BCUT2D eigenvalue weighted by atomic mass is 9.80. The molecule has 0 saturated heterocycles. The molecule has 0 saturated carbocycles. The number of hydrogen-bond donors (Lipinski definition) is 1. The van der Waals surface area contributed by atoms with Crippen molar-refractivity contribution in [3.05, 3.63) is 23.3 Å². The molecule has 2 atom stereocenters. The van der Waals surface area contributed by atoms with Crippen molar-refractivity contribution in [2.75, 3.05) is 20.8 Å². The van der Waals surface area contributed by atoms with Gasteiger partial charge in [-0.25, -0.2) is 0 Å². The first-order valence-corrected chi connectivity index (χ1v) is 7.18. The van der Waals surface area contributed by atoms with Gasteiger partial charge in [0.05, 0.1) is 14.2 Å². The van der Waals surface area contributed by atoms with Crippen molar-refractivity contribution < 1.29 is 9.47 Å². The molecule has 0 radical (unpaired) electrons. The van der Waals surface area contributed by atoms with Gasteiger partial charge in [0.1, 0.15) is 0 Å². The van der Waals surface area contributed by atoms with Gasteiger partial charge in [-0.2, -0.15) is 0 Å². The van der Waals surface area contributed by atoms with Crippen LogP contribution in [-0.4, -0.2) is 26.8 Å². The van der Waals surface area contributed by atoms with E-state index in [1.165, 1.54) is 17.5 Å². The Morgan fingerprint density at radius 1 is 1.25 bits per heavy atom. The molecule has 0 amide bonds. The molecule has 1 aliphatic rings. The van der Waals surface area contributed by atoms with Crippen LogP contribution in [0, 0.1) is 0 Å². The molecular weight excluding hydrogens is 274 g/mol. The van der Waals surface area contributed by atoms with E-state index in [4.69, 9.17) is 9.47 Å². The fourth-order valence-corrected chi connectivity index (χ4v) is 3.11. The predicted octanol–water partition coefficient (Wildman–Crippen LogP) is 3.54. The first-order valence-electron chi connectivity index (χ1n) is 7.18. The number of hydrogen-bond acceptors (Lipinski definition) is 3. The topological polar surface area (TPSA) is 30.5 Å². The molecule has 1 N–H and O–H groups in total. The van der Waals surface area contributed by atoms with E-state index in [-0.39, 0.29) is 12.4 Å². The summed E-state index contributed by atoms with van der Waals surface area (Å²) < 4.78 is 11.0. The lowest BCUT2D eigenvalue weighted by molar-refractivity contribution is 0.340. The van der Waals surface area contributed by atoms with Crippen LogP contribution in [0.25, 0.3) is 0 Å². The van der Waals surface area contributed by atoms with Crippen molar-refractivity contribution in [3.63, 3.8) is 0 Å². The summed E-state index contributed by atoms with van der Waals surface area (Å²) in [6.07, 6.45) is 3.43. The Balaban J connectivity index is 0.00000200. The molecule has 2 unspecified atom stereocenters. The zero-order valence-electron chi connectivity index (χ0n) is 12.9. The monoisotopic (exact) mass is 299 g/mol. The van der Waals surface area contributed by atoms with Crippen LogP contribution in [0.2, 0.25) is 0 Å². The summed E-state index contributed by atoms with van der Waals surface area (Å²) in [6.45, 7) is 5.59. The Hall–Kier alpha value is -0.930. The van der Waals surface area contributed by atoms with Crippen molar-refractivity contribution in [3.8, 4) is 11.5 Å². The van der Waals surface area contributed by atoms with Crippen LogP contribution in [0.3, 0.4) is 0 Å². The predicted molar refractivity (Wildman–Crippen MR) is 85.6 cm³/mol. The van der Waals surface area contributed by atoms with Crippen molar-refractivity contribution >= 4 is 12.4 Å². The van der Waals surface area contributed by atoms with Crippen LogP contribution in [0.1, 0.15) is 43.7 Å². The molecule has 114 valence electrons. The highest BCUT2D eigenvalue weighted by Gasteiger charge is 2.28. The number of rotatable bonds is 5. The first-order chi connectivity index (χ1) is 9.21. The van der Waals surface area contributed by atoms with E-state index in [1.54, 1.807) is 14.2 Å². The largest absolute Gasteiger partial charge is 0.493 e. The van der Waals surface area contributed by atoms with Gasteiger partial charge in [0.2, 0.25) is 0 Å². The summed E-state index contributed by atoms with van der Waals surface area (Å²) in [5.41, 5.74) is 2.72. The SMILES string of the molecule is CCCNC1Cc2ccc(OC)c(OC)c2C(C)C1.Cl. The van der Waals surface area contributed by atoms with Crippen LogP contribution in [0.5, 0.6) is 11.5 Å². The lowest BCUT2D eigenvalue weighted by Gasteiger charge is -2.32. The number of halogens is 1. The van der Waals surface area contributed by atoms with E-state index >= 15 is 0 Å². The molecule has 0 heterocycles.